The zero-order chi connectivity index (χ0) is 12.1. The SMILES string of the molecule is CC(N)Cc1ccc(SCC2CCCO2)cc1. The minimum Gasteiger partial charge on any atom is -0.377 e. The fraction of sp³-hybridized carbons (Fsp3) is 0.571. The molecule has 1 aliphatic heterocycles. The van der Waals surface area contributed by atoms with Gasteiger partial charge in [0.2, 0.25) is 0 Å². The quantitative estimate of drug-likeness (QED) is 0.817. The maximum atomic E-state index is 5.78. The van der Waals surface area contributed by atoms with Crippen LogP contribution in [0.25, 0.3) is 0 Å². The molecule has 0 saturated carbocycles. The number of benzene rings is 1. The Morgan fingerprint density at radius 2 is 2.18 bits per heavy atom. The molecular formula is C14H21NOS. The van der Waals surface area contributed by atoms with Crippen molar-refractivity contribution in [2.24, 2.45) is 5.73 Å². The first-order valence-electron chi connectivity index (χ1n) is 6.33. The number of rotatable bonds is 5. The minimum absolute atomic E-state index is 0.236. The first-order valence-corrected chi connectivity index (χ1v) is 7.31. The molecule has 1 heterocycles. The summed E-state index contributed by atoms with van der Waals surface area (Å²) >= 11 is 1.89. The average molecular weight is 251 g/mol. The zero-order valence-corrected chi connectivity index (χ0v) is 11.2. The second-order valence-corrected chi connectivity index (χ2v) is 5.86. The minimum atomic E-state index is 0.236. The van der Waals surface area contributed by atoms with Crippen molar-refractivity contribution in [3.8, 4) is 0 Å². The summed E-state index contributed by atoms with van der Waals surface area (Å²) in [4.78, 5) is 1.33. The van der Waals surface area contributed by atoms with Crippen molar-refractivity contribution in [3.63, 3.8) is 0 Å². The third-order valence-corrected chi connectivity index (χ3v) is 4.08. The fourth-order valence-electron chi connectivity index (χ4n) is 2.06. The predicted octanol–water partition coefficient (Wildman–Crippen LogP) is 2.85. The molecule has 2 atom stereocenters. The summed E-state index contributed by atoms with van der Waals surface area (Å²) in [6.07, 6.45) is 3.86. The summed E-state index contributed by atoms with van der Waals surface area (Å²) in [5.41, 5.74) is 7.10. The van der Waals surface area contributed by atoms with Gasteiger partial charge in [-0.1, -0.05) is 12.1 Å². The van der Waals surface area contributed by atoms with Gasteiger partial charge in [-0.3, -0.25) is 0 Å². The monoisotopic (exact) mass is 251 g/mol. The predicted molar refractivity (Wildman–Crippen MR) is 73.5 cm³/mol. The molecule has 2 unspecified atom stereocenters. The molecule has 0 amide bonds. The molecule has 1 saturated heterocycles. The van der Waals surface area contributed by atoms with Gasteiger partial charge in [0.1, 0.15) is 0 Å². The van der Waals surface area contributed by atoms with Crippen LogP contribution in [0.4, 0.5) is 0 Å². The second-order valence-electron chi connectivity index (χ2n) is 4.77. The molecule has 0 aromatic heterocycles. The molecular weight excluding hydrogens is 230 g/mol. The van der Waals surface area contributed by atoms with E-state index < -0.39 is 0 Å². The van der Waals surface area contributed by atoms with Crippen LogP contribution in [0.2, 0.25) is 0 Å². The first-order chi connectivity index (χ1) is 8.24. The zero-order valence-electron chi connectivity index (χ0n) is 10.4. The van der Waals surface area contributed by atoms with Crippen LogP contribution in [0.1, 0.15) is 25.3 Å². The maximum Gasteiger partial charge on any atom is 0.0669 e. The van der Waals surface area contributed by atoms with Crippen molar-refractivity contribution in [3.05, 3.63) is 29.8 Å². The van der Waals surface area contributed by atoms with Gasteiger partial charge in [0.05, 0.1) is 6.10 Å². The molecule has 0 spiro atoms. The summed E-state index contributed by atoms with van der Waals surface area (Å²) in [6, 6.07) is 8.98. The van der Waals surface area contributed by atoms with E-state index >= 15 is 0 Å². The molecule has 2 N–H and O–H groups in total. The number of ether oxygens (including phenoxy) is 1. The second kappa shape index (κ2) is 6.43. The van der Waals surface area contributed by atoms with Crippen molar-refractivity contribution >= 4 is 11.8 Å². The van der Waals surface area contributed by atoms with Crippen LogP contribution in [-0.4, -0.2) is 24.5 Å². The van der Waals surface area contributed by atoms with E-state index in [0.29, 0.717) is 6.10 Å². The Balaban J connectivity index is 1.80. The molecule has 17 heavy (non-hydrogen) atoms. The van der Waals surface area contributed by atoms with Crippen molar-refractivity contribution in [2.75, 3.05) is 12.4 Å². The molecule has 0 bridgehead atoms. The van der Waals surface area contributed by atoms with E-state index in [1.165, 1.54) is 23.3 Å². The Kier molecular flexibility index (Phi) is 4.89. The third kappa shape index (κ3) is 4.34. The van der Waals surface area contributed by atoms with Gasteiger partial charge in [-0.2, -0.15) is 0 Å². The van der Waals surface area contributed by atoms with Crippen molar-refractivity contribution in [1.82, 2.24) is 0 Å². The Labute approximate surface area is 108 Å². The Bertz CT molecular complexity index is 331. The van der Waals surface area contributed by atoms with Crippen molar-refractivity contribution < 1.29 is 4.74 Å². The normalized spacial score (nSPS) is 21.6. The molecule has 1 aromatic carbocycles. The van der Waals surface area contributed by atoms with Gasteiger partial charge in [-0.15, -0.1) is 11.8 Å². The molecule has 94 valence electrons. The van der Waals surface area contributed by atoms with Crippen molar-refractivity contribution in [2.45, 2.75) is 43.2 Å². The number of hydrogen-bond acceptors (Lipinski definition) is 3. The highest BCUT2D eigenvalue weighted by molar-refractivity contribution is 7.99. The highest BCUT2D eigenvalue weighted by Crippen LogP contribution is 2.24. The van der Waals surface area contributed by atoms with E-state index in [0.717, 1.165) is 18.8 Å². The van der Waals surface area contributed by atoms with Crippen LogP contribution in [0, 0.1) is 0 Å². The molecule has 2 nitrogen and oxygen atoms in total. The fourth-order valence-corrected chi connectivity index (χ4v) is 3.03. The highest BCUT2D eigenvalue weighted by atomic mass is 32.2. The summed E-state index contributed by atoms with van der Waals surface area (Å²) < 4.78 is 5.61. The van der Waals surface area contributed by atoms with Gasteiger partial charge in [-0.25, -0.2) is 0 Å². The topological polar surface area (TPSA) is 35.2 Å². The Morgan fingerprint density at radius 3 is 2.76 bits per heavy atom. The molecule has 1 aromatic rings. The van der Waals surface area contributed by atoms with Gasteiger partial charge >= 0.3 is 0 Å². The summed E-state index contributed by atoms with van der Waals surface area (Å²) in [7, 11) is 0. The standard InChI is InChI=1S/C14H21NOS/c1-11(15)9-12-4-6-14(7-5-12)17-10-13-3-2-8-16-13/h4-7,11,13H,2-3,8-10,15H2,1H3. The number of hydrogen-bond donors (Lipinski definition) is 1. The van der Waals surface area contributed by atoms with Gasteiger partial charge in [-0.05, 0) is 43.9 Å². The molecule has 0 aliphatic carbocycles. The molecule has 1 aliphatic rings. The van der Waals surface area contributed by atoms with Crippen LogP contribution < -0.4 is 5.73 Å². The van der Waals surface area contributed by atoms with Crippen LogP contribution >= 0.6 is 11.8 Å². The number of thioether (sulfide) groups is 1. The highest BCUT2D eigenvalue weighted by Gasteiger charge is 2.15. The lowest BCUT2D eigenvalue weighted by atomic mass is 10.1. The molecule has 3 heteroatoms. The van der Waals surface area contributed by atoms with Crippen LogP contribution in [0.15, 0.2) is 29.2 Å². The van der Waals surface area contributed by atoms with Gasteiger partial charge in [0.15, 0.2) is 0 Å². The third-order valence-electron chi connectivity index (χ3n) is 2.94. The lowest BCUT2D eigenvalue weighted by Crippen LogP contribution is -2.17. The summed E-state index contributed by atoms with van der Waals surface area (Å²) in [5.74, 6) is 1.08. The van der Waals surface area contributed by atoms with E-state index in [1.807, 2.05) is 18.7 Å². The van der Waals surface area contributed by atoms with E-state index in [1.54, 1.807) is 0 Å². The maximum absolute atomic E-state index is 5.78. The number of nitrogens with two attached hydrogens (primary N) is 1. The molecule has 1 fully saturated rings. The van der Waals surface area contributed by atoms with Gasteiger partial charge in [0.25, 0.3) is 0 Å². The molecule has 2 rings (SSSR count). The van der Waals surface area contributed by atoms with Gasteiger partial charge in [0, 0.05) is 23.3 Å². The lowest BCUT2D eigenvalue weighted by Gasteiger charge is -2.09. The first kappa shape index (κ1) is 12.9. The lowest BCUT2D eigenvalue weighted by molar-refractivity contribution is 0.129. The summed E-state index contributed by atoms with van der Waals surface area (Å²) in [6.45, 7) is 2.98. The molecule has 0 radical (unpaired) electrons. The Hall–Kier alpha value is -0.510. The summed E-state index contributed by atoms with van der Waals surface area (Å²) in [5, 5.41) is 0. The smallest absolute Gasteiger partial charge is 0.0669 e. The van der Waals surface area contributed by atoms with E-state index in [-0.39, 0.29) is 6.04 Å². The van der Waals surface area contributed by atoms with E-state index in [2.05, 4.69) is 24.3 Å². The van der Waals surface area contributed by atoms with Crippen LogP contribution in [0.5, 0.6) is 0 Å². The van der Waals surface area contributed by atoms with Crippen molar-refractivity contribution in [1.29, 1.82) is 0 Å². The van der Waals surface area contributed by atoms with Crippen LogP contribution in [-0.2, 0) is 11.2 Å². The van der Waals surface area contributed by atoms with E-state index in [9.17, 15) is 0 Å². The average Bonchev–Trinajstić information content (AvgIpc) is 2.80. The van der Waals surface area contributed by atoms with Crippen LogP contribution in [0.3, 0.4) is 0 Å². The Morgan fingerprint density at radius 1 is 1.41 bits per heavy atom. The van der Waals surface area contributed by atoms with E-state index in [4.69, 9.17) is 10.5 Å². The van der Waals surface area contributed by atoms with Gasteiger partial charge < -0.3 is 10.5 Å². The largest absolute Gasteiger partial charge is 0.377 e.